The molecule has 2 atom stereocenters. The van der Waals surface area contributed by atoms with E-state index in [1.165, 1.54) is 33.0 Å². The van der Waals surface area contributed by atoms with Gasteiger partial charge in [0.2, 0.25) is 0 Å². The van der Waals surface area contributed by atoms with Crippen LogP contribution in [0.25, 0.3) is 21.9 Å². The Morgan fingerprint density at radius 1 is 0.757 bits per heavy atom. The average Bonchev–Trinajstić information content (AvgIpc) is 3.48. The molecule has 37 heavy (non-hydrogen) atoms. The fraction of sp³-hybridized carbons (Fsp3) is 0.176. The Morgan fingerprint density at radius 2 is 1.43 bits per heavy atom. The molecule has 182 valence electrons. The molecule has 2 unspecified atom stereocenters. The fourth-order valence-electron chi connectivity index (χ4n) is 6.20. The van der Waals surface area contributed by atoms with Gasteiger partial charge in [-0.2, -0.15) is 15.4 Å². The summed E-state index contributed by atoms with van der Waals surface area (Å²) in [6.07, 6.45) is 6.60. The first-order valence-electron chi connectivity index (χ1n) is 12.9. The molecule has 0 aliphatic heterocycles. The van der Waals surface area contributed by atoms with Crippen LogP contribution in [-0.4, -0.2) is 15.4 Å². The van der Waals surface area contributed by atoms with Crippen LogP contribution in [0.5, 0.6) is 0 Å². The van der Waals surface area contributed by atoms with Gasteiger partial charge in [-0.3, -0.25) is 0 Å². The number of hydrogen-bond acceptors (Lipinski definition) is 2. The molecule has 0 saturated heterocycles. The zero-order valence-electron chi connectivity index (χ0n) is 21.5. The zero-order chi connectivity index (χ0) is 25.5. The van der Waals surface area contributed by atoms with E-state index in [-0.39, 0.29) is 16.7 Å². The van der Waals surface area contributed by atoms with E-state index >= 15 is 0 Å². The number of H-pyrrole nitrogens is 1. The zero-order valence-corrected chi connectivity index (χ0v) is 21.5. The first-order valence-corrected chi connectivity index (χ1v) is 12.9. The number of benzene rings is 4. The molecule has 6 rings (SSSR count). The Labute approximate surface area is 218 Å². The van der Waals surface area contributed by atoms with Crippen LogP contribution < -0.4 is 0 Å². The number of hydrogen-bond donors (Lipinski definition) is 1. The maximum Gasteiger partial charge on any atom is 0.112 e. The summed E-state index contributed by atoms with van der Waals surface area (Å²) in [5, 5.41) is 14.0. The van der Waals surface area contributed by atoms with Crippen LogP contribution >= 0.6 is 0 Å². The van der Waals surface area contributed by atoms with Gasteiger partial charge in [-0.25, -0.2) is 0 Å². The van der Waals surface area contributed by atoms with E-state index in [4.69, 9.17) is 0 Å². The number of aromatic amines is 1. The minimum absolute atomic E-state index is 0.0686. The van der Waals surface area contributed by atoms with Crippen molar-refractivity contribution in [1.82, 2.24) is 15.4 Å². The number of nitrogens with zero attached hydrogens (tertiary/aromatic N) is 2. The molecule has 0 radical (unpaired) electrons. The number of allylic oxidation sites excluding steroid dienone is 4. The summed E-state index contributed by atoms with van der Waals surface area (Å²) < 4.78 is 0. The van der Waals surface area contributed by atoms with Crippen LogP contribution in [-0.2, 0) is 5.41 Å². The lowest BCUT2D eigenvalue weighted by molar-refractivity contribution is 0.219. The Hall–Kier alpha value is -4.24. The van der Waals surface area contributed by atoms with Crippen molar-refractivity contribution in [3.63, 3.8) is 0 Å². The molecule has 3 nitrogen and oxygen atoms in total. The van der Waals surface area contributed by atoms with E-state index in [9.17, 15) is 0 Å². The van der Waals surface area contributed by atoms with Gasteiger partial charge in [0.15, 0.2) is 0 Å². The van der Waals surface area contributed by atoms with Crippen LogP contribution in [0.2, 0.25) is 0 Å². The largest absolute Gasteiger partial charge is 0.197 e. The Balaban J connectivity index is 1.77. The van der Waals surface area contributed by atoms with E-state index < -0.39 is 0 Å². The van der Waals surface area contributed by atoms with Crippen molar-refractivity contribution < 1.29 is 0 Å². The molecule has 1 aliphatic rings. The molecule has 5 aromatic rings. The van der Waals surface area contributed by atoms with E-state index in [0.717, 1.165) is 11.3 Å². The number of fused-ring (bicyclic) bond motifs is 1. The molecule has 0 saturated carbocycles. The van der Waals surface area contributed by atoms with Crippen molar-refractivity contribution in [2.75, 3.05) is 0 Å². The van der Waals surface area contributed by atoms with Crippen molar-refractivity contribution >= 4 is 21.9 Å². The van der Waals surface area contributed by atoms with Gasteiger partial charge < -0.3 is 0 Å². The van der Waals surface area contributed by atoms with Crippen molar-refractivity contribution in [2.24, 2.45) is 5.41 Å². The smallest absolute Gasteiger partial charge is 0.112 e. The van der Waals surface area contributed by atoms with Gasteiger partial charge in [-0.1, -0.05) is 130 Å². The molecular formula is C34H31N3. The van der Waals surface area contributed by atoms with Crippen molar-refractivity contribution in [3.05, 3.63) is 144 Å². The minimum Gasteiger partial charge on any atom is -0.197 e. The van der Waals surface area contributed by atoms with Crippen LogP contribution in [0.3, 0.4) is 0 Å². The van der Waals surface area contributed by atoms with Crippen molar-refractivity contribution in [1.29, 1.82) is 0 Å². The summed E-state index contributed by atoms with van der Waals surface area (Å²) in [5.74, 6) is 0.0686. The van der Waals surface area contributed by atoms with Gasteiger partial charge in [0.25, 0.3) is 0 Å². The van der Waals surface area contributed by atoms with Gasteiger partial charge in [0.05, 0.1) is 6.20 Å². The van der Waals surface area contributed by atoms with Crippen LogP contribution in [0, 0.1) is 5.41 Å². The summed E-state index contributed by atoms with van der Waals surface area (Å²) in [4.78, 5) is 0. The first kappa shape index (κ1) is 23.2. The van der Waals surface area contributed by atoms with E-state index in [1.54, 1.807) is 0 Å². The van der Waals surface area contributed by atoms with Gasteiger partial charge in [-0.05, 0) is 44.5 Å². The molecule has 3 heteroatoms. The molecule has 0 spiro atoms. The highest BCUT2D eigenvalue weighted by atomic mass is 15.3. The van der Waals surface area contributed by atoms with Gasteiger partial charge in [-0.15, -0.1) is 0 Å². The molecular weight excluding hydrogens is 450 g/mol. The second-order valence-corrected chi connectivity index (χ2v) is 10.9. The van der Waals surface area contributed by atoms with Gasteiger partial charge in [0.1, 0.15) is 5.69 Å². The number of nitrogens with one attached hydrogen (secondary N) is 1. The summed E-state index contributed by atoms with van der Waals surface area (Å²) in [7, 11) is 0. The van der Waals surface area contributed by atoms with E-state index in [1.807, 2.05) is 6.20 Å². The fourth-order valence-corrected chi connectivity index (χ4v) is 6.20. The highest BCUT2D eigenvalue weighted by molar-refractivity contribution is 5.95. The topological polar surface area (TPSA) is 41.6 Å². The lowest BCUT2D eigenvalue weighted by Crippen LogP contribution is -2.45. The molecule has 1 aliphatic carbocycles. The maximum atomic E-state index is 4.51. The van der Waals surface area contributed by atoms with Crippen LogP contribution in [0.4, 0.5) is 0 Å². The van der Waals surface area contributed by atoms with Crippen LogP contribution in [0.15, 0.2) is 121 Å². The summed E-state index contributed by atoms with van der Waals surface area (Å²) in [6.45, 7) is 7.09. The highest BCUT2D eigenvalue weighted by Gasteiger charge is 2.52. The lowest BCUT2D eigenvalue weighted by atomic mass is 9.50. The van der Waals surface area contributed by atoms with Crippen molar-refractivity contribution in [2.45, 2.75) is 32.1 Å². The van der Waals surface area contributed by atoms with E-state index in [0.29, 0.717) is 0 Å². The lowest BCUT2D eigenvalue weighted by Gasteiger charge is -2.52. The summed E-state index contributed by atoms with van der Waals surface area (Å²) in [5.41, 5.74) is 6.57. The quantitative estimate of drug-likeness (QED) is 0.281. The predicted molar refractivity (Wildman–Crippen MR) is 153 cm³/mol. The SMILES string of the molecule is CC(C)(C)C1(c2ccccc2)C=C(c2cn[nH]n2)C=C(c2ccccc2)C1c1cccc2ccccc12. The highest BCUT2D eigenvalue weighted by Crippen LogP contribution is 2.60. The van der Waals surface area contributed by atoms with Crippen LogP contribution in [0.1, 0.15) is 49.1 Å². The molecule has 4 aromatic carbocycles. The maximum absolute atomic E-state index is 4.51. The standard InChI is InChI=1S/C34H31N3/c1-33(2,3)34(27-17-8-5-9-18-27)22-26(31-23-35-37-36-31)21-30(25-13-6-4-7-14-25)32(34)29-20-12-16-24-15-10-11-19-28(24)29/h4-23,32H,1-3H3,(H,35,36,37). The van der Waals surface area contributed by atoms with E-state index in [2.05, 4.69) is 151 Å². The van der Waals surface area contributed by atoms with Gasteiger partial charge >= 0.3 is 0 Å². The first-order chi connectivity index (χ1) is 18.0. The van der Waals surface area contributed by atoms with Gasteiger partial charge in [0, 0.05) is 16.9 Å². The molecule has 1 N–H and O–H groups in total. The second-order valence-electron chi connectivity index (χ2n) is 10.9. The predicted octanol–water partition coefficient (Wildman–Crippen LogP) is 8.21. The molecule has 0 amide bonds. The second kappa shape index (κ2) is 9.01. The average molecular weight is 482 g/mol. The Morgan fingerprint density at radius 3 is 2.14 bits per heavy atom. The molecule has 1 aromatic heterocycles. The Kier molecular flexibility index (Phi) is 5.64. The monoisotopic (exact) mass is 481 g/mol. The third-order valence-corrected chi connectivity index (χ3v) is 7.91. The van der Waals surface area contributed by atoms with Crippen molar-refractivity contribution in [3.8, 4) is 0 Å². The third kappa shape index (κ3) is 3.82. The number of rotatable bonds is 4. The molecule has 1 heterocycles. The molecule has 0 bridgehead atoms. The summed E-state index contributed by atoms with van der Waals surface area (Å²) in [6, 6.07) is 37.3. The summed E-state index contributed by atoms with van der Waals surface area (Å²) >= 11 is 0. The third-order valence-electron chi connectivity index (χ3n) is 7.91. The molecule has 0 fully saturated rings. The minimum atomic E-state index is -0.368. The number of aromatic nitrogens is 3. The Bertz CT molecular complexity index is 1580. The normalized spacial score (nSPS) is 19.9.